The first-order valence-electron chi connectivity index (χ1n) is 7.84. The lowest BCUT2D eigenvalue weighted by atomic mass is 10.1. The zero-order valence-electron chi connectivity index (χ0n) is 13.7. The number of unbranched alkanes of at least 4 members (excludes halogenated alkanes) is 2. The minimum atomic E-state index is -0.295. The molecular formula is C17H28N2O2. The molecule has 0 saturated heterocycles. The van der Waals surface area contributed by atoms with Crippen LogP contribution >= 0.6 is 0 Å². The topological polar surface area (TPSA) is 55.6 Å². The first-order valence-corrected chi connectivity index (χ1v) is 7.84. The summed E-state index contributed by atoms with van der Waals surface area (Å²) >= 11 is 0. The summed E-state index contributed by atoms with van der Waals surface area (Å²) in [5.41, 5.74) is 8.30. The molecule has 0 aliphatic carbocycles. The zero-order valence-corrected chi connectivity index (χ0v) is 13.7. The van der Waals surface area contributed by atoms with Crippen molar-refractivity contribution in [2.75, 3.05) is 23.8 Å². The summed E-state index contributed by atoms with van der Waals surface area (Å²) in [5.74, 6) is -0.295. The molecule has 0 aliphatic rings. The number of nitrogen functional groups attached to an aromatic ring is 1. The van der Waals surface area contributed by atoms with Crippen molar-refractivity contribution in [1.29, 1.82) is 0 Å². The maximum atomic E-state index is 11.9. The third-order valence-electron chi connectivity index (χ3n) is 3.48. The van der Waals surface area contributed by atoms with E-state index >= 15 is 0 Å². The number of nitrogens with zero attached hydrogens (tertiary/aromatic N) is 1. The second-order valence-electron chi connectivity index (χ2n) is 5.49. The number of benzene rings is 1. The molecular weight excluding hydrogens is 264 g/mol. The van der Waals surface area contributed by atoms with Crippen molar-refractivity contribution < 1.29 is 9.53 Å². The minimum Gasteiger partial charge on any atom is -0.462 e. The molecule has 1 aromatic rings. The van der Waals surface area contributed by atoms with Gasteiger partial charge in [0.1, 0.15) is 0 Å². The van der Waals surface area contributed by atoms with Gasteiger partial charge < -0.3 is 15.4 Å². The largest absolute Gasteiger partial charge is 0.462 e. The van der Waals surface area contributed by atoms with Crippen molar-refractivity contribution >= 4 is 17.3 Å². The highest BCUT2D eigenvalue weighted by atomic mass is 16.5. The molecule has 0 saturated carbocycles. The molecule has 1 aromatic carbocycles. The van der Waals surface area contributed by atoms with Crippen LogP contribution < -0.4 is 10.6 Å². The third kappa shape index (κ3) is 4.96. The number of hydrogen-bond acceptors (Lipinski definition) is 4. The first-order chi connectivity index (χ1) is 10.0. The van der Waals surface area contributed by atoms with Gasteiger partial charge in [-0.05, 0) is 45.4 Å². The molecule has 4 nitrogen and oxygen atoms in total. The Morgan fingerprint density at radius 1 is 1.29 bits per heavy atom. The Kier molecular flexibility index (Phi) is 7.06. The molecule has 118 valence electrons. The predicted molar refractivity (Wildman–Crippen MR) is 88.8 cm³/mol. The van der Waals surface area contributed by atoms with Crippen LogP contribution in [0.25, 0.3) is 0 Å². The zero-order chi connectivity index (χ0) is 15.8. The Labute approximate surface area is 128 Å². The summed E-state index contributed by atoms with van der Waals surface area (Å²) in [6.45, 7) is 9.60. The number of carbonyl (C=O) groups excluding carboxylic acids is 1. The van der Waals surface area contributed by atoms with Gasteiger partial charge in [0.25, 0.3) is 0 Å². The highest BCUT2D eigenvalue weighted by Crippen LogP contribution is 2.27. The number of carbonyl (C=O) groups is 1. The van der Waals surface area contributed by atoms with E-state index in [0.29, 0.717) is 23.9 Å². The van der Waals surface area contributed by atoms with Crippen LogP contribution in [0, 0.1) is 0 Å². The maximum Gasteiger partial charge on any atom is 0.338 e. The molecule has 21 heavy (non-hydrogen) atoms. The predicted octanol–water partition coefficient (Wildman–Crippen LogP) is 3.85. The lowest BCUT2D eigenvalue weighted by Crippen LogP contribution is -2.32. The van der Waals surface area contributed by atoms with Gasteiger partial charge in [0, 0.05) is 12.6 Å². The lowest BCUT2D eigenvalue weighted by Gasteiger charge is -2.30. The molecule has 2 N–H and O–H groups in total. The number of ether oxygens (including phenoxy) is 1. The monoisotopic (exact) mass is 292 g/mol. The van der Waals surface area contributed by atoms with E-state index in [0.717, 1.165) is 18.7 Å². The van der Waals surface area contributed by atoms with Gasteiger partial charge in [0.15, 0.2) is 0 Å². The molecule has 0 aliphatic heterocycles. The molecule has 0 atom stereocenters. The Morgan fingerprint density at radius 3 is 2.57 bits per heavy atom. The van der Waals surface area contributed by atoms with Crippen molar-refractivity contribution in [1.82, 2.24) is 0 Å². The summed E-state index contributed by atoms with van der Waals surface area (Å²) in [4.78, 5) is 14.1. The quantitative estimate of drug-likeness (QED) is 0.449. The molecule has 0 aromatic heterocycles. The Hall–Kier alpha value is -1.71. The molecule has 0 radical (unpaired) electrons. The van der Waals surface area contributed by atoms with E-state index in [-0.39, 0.29) is 5.97 Å². The molecule has 0 unspecified atom stereocenters. The summed E-state index contributed by atoms with van der Waals surface area (Å²) < 4.78 is 5.06. The smallest absolute Gasteiger partial charge is 0.338 e. The van der Waals surface area contributed by atoms with Gasteiger partial charge in [-0.15, -0.1) is 0 Å². The van der Waals surface area contributed by atoms with Crippen LogP contribution in [-0.2, 0) is 4.74 Å². The van der Waals surface area contributed by atoms with Crippen molar-refractivity contribution in [2.45, 2.75) is 53.0 Å². The molecule has 1 rings (SSSR count). The van der Waals surface area contributed by atoms with E-state index in [1.807, 2.05) is 6.07 Å². The van der Waals surface area contributed by atoms with Crippen LogP contribution in [0.4, 0.5) is 11.4 Å². The van der Waals surface area contributed by atoms with Crippen LogP contribution in [0.3, 0.4) is 0 Å². The second-order valence-corrected chi connectivity index (χ2v) is 5.49. The molecule has 4 heteroatoms. The number of rotatable bonds is 8. The van der Waals surface area contributed by atoms with Gasteiger partial charge in [-0.2, -0.15) is 0 Å². The Bertz CT molecular complexity index is 458. The standard InChI is InChI=1S/C17H28N2O2/c1-5-7-8-11-19(13(3)4)16-12-14(9-10-15(16)18)17(20)21-6-2/h9-10,12-13H,5-8,11,18H2,1-4H3. The van der Waals surface area contributed by atoms with Gasteiger partial charge in [-0.3, -0.25) is 0 Å². The first kappa shape index (κ1) is 17.3. The van der Waals surface area contributed by atoms with E-state index in [2.05, 4.69) is 25.7 Å². The van der Waals surface area contributed by atoms with Gasteiger partial charge in [0.2, 0.25) is 0 Å². The second kappa shape index (κ2) is 8.55. The van der Waals surface area contributed by atoms with Crippen molar-refractivity contribution in [3.8, 4) is 0 Å². The van der Waals surface area contributed by atoms with Crippen LogP contribution in [-0.4, -0.2) is 25.2 Å². The molecule has 0 fully saturated rings. The van der Waals surface area contributed by atoms with Crippen LogP contribution in [0.15, 0.2) is 18.2 Å². The average Bonchev–Trinajstić information content (AvgIpc) is 2.44. The third-order valence-corrected chi connectivity index (χ3v) is 3.48. The Balaban J connectivity index is 3.00. The molecule has 0 spiro atoms. The highest BCUT2D eigenvalue weighted by molar-refractivity contribution is 5.92. The fourth-order valence-corrected chi connectivity index (χ4v) is 2.32. The van der Waals surface area contributed by atoms with Crippen molar-refractivity contribution in [3.05, 3.63) is 23.8 Å². The van der Waals surface area contributed by atoms with Gasteiger partial charge in [0.05, 0.1) is 23.5 Å². The number of nitrogens with two attached hydrogens (primary N) is 1. The number of anilines is 2. The van der Waals surface area contributed by atoms with E-state index in [1.54, 1.807) is 19.1 Å². The lowest BCUT2D eigenvalue weighted by molar-refractivity contribution is 0.0526. The number of hydrogen-bond donors (Lipinski definition) is 1. The molecule has 0 heterocycles. The molecule has 0 bridgehead atoms. The van der Waals surface area contributed by atoms with Gasteiger partial charge in [-0.1, -0.05) is 19.8 Å². The minimum absolute atomic E-state index is 0.295. The van der Waals surface area contributed by atoms with E-state index in [9.17, 15) is 4.79 Å². The average molecular weight is 292 g/mol. The van der Waals surface area contributed by atoms with Gasteiger partial charge in [-0.25, -0.2) is 4.79 Å². The summed E-state index contributed by atoms with van der Waals surface area (Å²) in [5, 5.41) is 0. The highest BCUT2D eigenvalue weighted by Gasteiger charge is 2.16. The van der Waals surface area contributed by atoms with Crippen LogP contribution in [0.5, 0.6) is 0 Å². The fraction of sp³-hybridized carbons (Fsp3) is 0.588. The van der Waals surface area contributed by atoms with E-state index in [1.165, 1.54) is 12.8 Å². The summed E-state index contributed by atoms with van der Waals surface area (Å²) in [6, 6.07) is 5.69. The van der Waals surface area contributed by atoms with E-state index in [4.69, 9.17) is 10.5 Å². The van der Waals surface area contributed by atoms with Gasteiger partial charge >= 0.3 is 5.97 Å². The normalized spacial score (nSPS) is 10.7. The van der Waals surface area contributed by atoms with Crippen LogP contribution in [0.2, 0.25) is 0 Å². The maximum absolute atomic E-state index is 11.9. The summed E-state index contributed by atoms with van der Waals surface area (Å²) in [6.07, 6.45) is 3.50. The summed E-state index contributed by atoms with van der Waals surface area (Å²) in [7, 11) is 0. The van der Waals surface area contributed by atoms with Crippen molar-refractivity contribution in [3.63, 3.8) is 0 Å². The number of esters is 1. The van der Waals surface area contributed by atoms with Crippen LogP contribution in [0.1, 0.15) is 57.3 Å². The fourth-order valence-electron chi connectivity index (χ4n) is 2.32. The Morgan fingerprint density at radius 2 is 2.00 bits per heavy atom. The SMILES string of the molecule is CCCCCN(c1cc(C(=O)OCC)ccc1N)C(C)C. The molecule has 0 amide bonds. The van der Waals surface area contributed by atoms with E-state index < -0.39 is 0 Å². The van der Waals surface area contributed by atoms with Crippen molar-refractivity contribution in [2.24, 2.45) is 0 Å².